The van der Waals surface area contributed by atoms with Crippen molar-refractivity contribution >= 4 is 17.8 Å². The van der Waals surface area contributed by atoms with E-state index in [0.717, 1.165) is 5.75 Å². The number of thioether (sulfide) groups is 1. The molecule has 102 valence electrons. The fourth-order valence-electron chi connectivity index (χ4n) is 2.72. The smallest absolute Gasteiger partial charge is 0.321 e. The zero-order valence-electron chi connectivity index (χ0n) is 11.6. The van der Waals surface area contributed by atoms with E-state index in [1.54, 1.807) is 18.9 Å². The van der Waals surface area contributed by atoms with E-state index in [0.29, 0.717) is 6.54 Å². The third-order valence-corrected chi connectivity index (χ3v) is 5.89. The summed E-state index contributed by atoms with van der Waals surface area (Å²) >= 11 is 1.73. The van der Waals surface area contributed by atoms with Gasteiger partial charge >= 0.3 is 6.03 Å². The van der Waals surface area contributed by atoms with E-state index < -0.39 is 0 Å². The maximum Gasteiger partial charge on any atom is 0.321 e. The SMILES string of the molecule is COc1cccc2c1SC1N(C2)C(=O)N(C)C1(C)C. The average Bonchev–Trinajstić information content (AvgIpc) is 2.58. The number of likely N-dealkylation sites (N-methyl/N-ethyl adjacent to an activating group) is 1. The Labute approximate surface area is 117 Å². The Kier molecular flexibility index (Phi) is 2.71. The number of amides is 2. The molecule has 0 aromatic heterocycles. The van der Waals surface area contributed by atoms with Crippen molar-refractivity contribution in [1.82, 2.24) is 9.80 Å². The number of carbonyl (C=O) groups is 1. The predicted octanol–water partition coefficient (Wildman–Crippen LogP) is 2.77. The molecule has 1 saturated heterocycles. The Morgan fingerprint density at radius 1 is 1.42 bits per heavy atom. The van der Waals surface area contributed by atoms with Gasteiger partial charge in [0.2, 0.25) is 0 Å². The van der Waals surface area contributed by atoms with Crippen molar-refractivity contribution in [2.75, 3.05) is 14.2 Å². The van der Waals surface area contributed by atoms with Gasteiger partial charge in [0, 0.05) is 13.6 Å². The number of carbonyl (C=O) groups excluding carboxylic acids is 1. The molecule has 0 N–H and O–H groups in total. The first-order chi connectivity index (χ1) is 8.96. The minimum absolute atomic E-state index is 0.107. The van der Waals surface area contributed by atoms with Gasteiger partial charge in [-0.1, -0.05) is 23.9 Å². The van der Waals surface area contributed by atoms with Crippen molar-refractivity contribution in [2.45, 2.75) is 36.2 Å². The van der Waals surface area contributed by atoms with Crippen LogP contribution < -0.4 is 4.74 Å². The maximum atomic E-state index is 12.3. The van der Waals surface area contributed by atoms with Gasteiger partial charge in [0.05, 0.1) is 17.5 Å². The first kappa shape index (κ1) is 12.7. The third kappa shape index (κ3) is 1.64. The van der Waals surface area contributed by atoms with Gasteiger partial charge in [-0.25, -0.2) is 4.79 Å². The van der Waals surface area contributed by atoms with Gasteiger partial charge in [0.1, 0.15) is 11.1 Å². The molecule has 2 heterocycles. The van der Waals surface area contributed by atoms with Crippen LogP contribution in [0.25, 0.3) is 0 Å². The van der Waals surface area contributed by atoms with Crippen LogP contribution in [-0.4, -0.2) is 40.9 Å². The molecule has 1 aromatic rings. The molecule has 19 heavy (non-hydrogen) atoms. The molecule has 1 unspecified atom stereocenters. The van der Waals surface area contributed by atoms with Crippen LogP contribution in [0.5, 0.6) is 5.75 Å². The van der Waals surface area contributed by atoms with E-state index in [9.17, 15) is 4.79 Å². The summed E-state index contributed by atoms with van der Waals surface area (Å²) in [5, 5.41) is 0.133. The molecule has 2 aliphatic heterocycles. The second kappa shape index (κ2) is 4.07. The molecule has 0 bridgehead atoms. The van der Waals surface area contributed by atoms with E-state index >= 15 is 0 Å². The molecule has 1 aromatic carbocycles. The molecule has 5 heteroatoms. The largest absolute Gasteiger partial charge is 0.496 e. The molecule has 0 radical (unpaired) electrons. The molecule has 2 aliphatic rings. The lowest BCUT2D eigenvalue weighted by Gasteiger charge is -2.36. The molecule has 1 atom stereocenters. The number of urea groups is 1. The van der Waals surface area contributed by atoms with Crippen LogP contribution in [0.3, 0.4) is 0 Å². The number of hydrogen-bond donors (Lipinski definition) is 0. The average molecular weight is 278 g/mol. The first-order valence-corrected chi connectivity index (χ1v) is 7.21. The van der Waals surface area contributed by atoms with Gasteiger partial charge < -0.3 is 14.5 Å². The van der Waals surface area contributed by atoms with Gasteiger partial charge in [0.25, 0.3) is 0 Å². The summed E-state index contributed by atoms with van der Waals surface area (Å²) in [6.07, 6.45) is 0. The van der Waals surface area contributed by atoms with E-state index in [-0.39, 0.29) is 16.9 Å². The Morgan fingerprint density at radius 2 is 2.16 bits per heavy atom. The topological polar surface area (TPSA) is 32.8 Å². The summed E-state index contributed by atoms with van der Waals surface area (Å²) < 4.78 is 5.45. The number of benzene rings is 1. The monoisotopic (exact) mass is 278 g/mol. The predicted molar refractivity (Wildman–Crippen MR) is 75.4 cm³/mol. The first-order valence-electron chi connectivity index (χ1n) is 6.34. The fraction of sp³-hybridized carbons (Fsp3) is 0.500. The maximum absolute atomic E-state index is 12.3. The van der Waals surface area contributed by atoms with Crippen molar-refractivity contribution in [3.8, 4) is 5.75 Å². The molecular weight excluding hydrogens is 260 g/mol. The Hall–Kier alpha value is -1.36. The second-order valence-corrected chi connectivity index (χ2v) is 6.63. The van der Waals surface area contributed by atoms with Crippen LogP contribution >= 0.6 is 11.8 Å². The minimum atomic E-state index is -0.180. The fourth-order valence-corrected chi connectivity index (χ4v) is 4.23. The van der Waals surface area contributed by atoms with Gasteiger partial charge in [0.15, 0.2) is 0 Å². The zero-order chi connectivity index (χ0) is 13.8. The van der Waals surface area contributed by atoms with Gasteiger partial charge in [-0.05, 0) is 25.5 Å². The summed E-state index contributed by atoms with van der Waals surface area (Å²) in [5.74, 6) is 0.903. The number of rotatable bonds is 1. The Bertz CT molecular complexity index is 544. The lowest BCUT2D eigenvalue weighted by Crippen LogP contribution is -2.44. The highest BCUT2D eigenvalue weighted by molar-refractivity contribution is 8.00. The standard InChI is InChI=1S/C14H18N2O2S/c1-14(2)12-16(13(17)15(14)3)8-9-6-5-7-10(18-4)11(9)19-12/h5-7,12H,8H2,1-4H3. The second-order valence-electron chi connectivity index (χ2n) is 5.54. The number of methoxy groups -OCH3 is 1. The summed E-state index contributed by atoms with van der Waals surface area (Å²) in [6.45, 7) is 4.89. The Balaban J connectivity index is 2.06. The van der Waals surface area contributed by atoms with Crippen molar-refractivity contribution in [3.05, 3.63) is 23.8 Å². The van der Waals surface area contributed by atoms with Crippen LogP contribution in [0.15, 0.2) is 23.1 Å². The lowest BCUT2D eigenvalue weighted by atomic mass is 10.1. The summed E-state index contributed by atoms with van der Waals surface area (Å²) in [5.41, 5.74) is 0.986. The van der Waals surface area contributed by atoms with Crippen molar-refractivity contribution in [2.24, 2.45) is 0 Å². The van der Waals surface area contributed by atoms with Gasteiger partial charge in [-0.3, -0.25) is 0 Å². The summed E-state index contributed by atoms with van der Waals surface area (Å²) in [6, 6.07) is 6.14. The van der Waals surface area contributed by atoms with E-state index in [4.69, 9.17) is 4.74 Å². The van der Waals surface area contributed by atoms with Crippen molar-refractivity contribution in [1.29, 1.82) is 0 Å². The third-order valence-electron chi connectivity index (χ3n) is 4.14. The molecule has 3 rings (SSSR count). The zero-order valence-corrected chi connectivity index (χ0v) is 12.5. The van der Waals surface area contributed by atoms with Crippen LogP contribution in [0.1, 0.15) is 19.4 Å². The molecule has 0 aliphatic carbocycles. The molecule has 1 fully saturated rings. The highest BCUT2D eigenvalue weighted by Gasteiger charge is 2.52. The number of ether oxygens (including phenoxy) is 1. The van der Waals surface area contributed by atoms with E-state index in [1.165, 1.54) is 10.5 Å². The van der Waals surface area contributed by atoms with Crippen molar-refractivity contribution < 1.29 is 9.53 Å². The van der Waals surface area contributed by atoms with Gasteiger partial charge in [-0.15, -0.1) is 0 Å². The van der Waals surface area contributed by atoms with E-state index in [1.807, 2.05) is 29.0 Å². The normalized spacial score (nSPS) is 24.2. The molecule has 4 nitrogen and oxygen atoms in total. The number of fused-ring (bicyclic) bond motifs is 2. The Morgan fingerprint density at radius 3 is 2.84 bits per heavy atom. The van der Waals surface area contributed by atoms with Crippen LogP contribution in [0.4, 0.5) is 4.79 Å². The highest BCUT2D eigenvalue weighted by Crippen LogP contribution is 2.49. The van der Waals surface area contributed by atoms with Crippen LogP contribution in [0, 0.1) is 0 Å². The van der Waals surface area contributed by atoms with E-state index in [2.05, 4.69) is 19.9 Å². The molecular formula is C14H18N2O2S. The number of hydrogen-bond acceptors (Lipinski definition) is 3. The summed E-state index contributed by atoms with van der Waals surface area (Å²) in [4.78, 5) is 17.3. The quantitative estimate of drug-likeness (QED) is 0.792. The molecule has 2 amide bonds. The number of nitrogens with zero attached hydrogens (tertiary/aromatic N) is 2. The molecule has 0 saturated carbocycles. The van der Waals surface area contributed by atoms with Crippen LogP contribution in [0.2, 0.25) is 0 Å². The van der Waals surface area contributed by atoms with Crippen LogP contribution in [-0.2, 0) is 6.54 Å². The van der Waals surface area contributed by atoms with Gasteiger partial charge in [-0.2, -0.15) is 0 Å². The highest BCUT2D eigenvalue weighted by atomic mass is 32.2. The minimum Gasteiger partial charge on any atom is -0.496 e. The van der Waals surface area contributed by atoms with Crippen molar-refractivity contribution in [3.63, 3.8) is 0 Å². The lowest BCUT2D eigenvalue weighted by molar-refractivity contribution is 0.186. The summed E-state index contributed by atoms with van der Waals surface area (Å²) in [7, 11) is 3.57. The molecule has 0 spiro atoms.